The van der Waals surface area contributed by atoms with Gasteiger partial charge >= 0.3 is 0 Å². The Morgan fingerprint density at radius 1 is 0.840 bits per heavy atom. The first-order valence-electron chi connectivity index (χ1n) is 8.94. The molecule has 0 radical (unpaired) electrons. The van der Waals surface area contributed by atoms with Gasteiger partial charge in [0.25, 0.3) is 0 Å². The van der Waals surface area contributed by atoms with E-state index in [-0.39, 0.29) is 0 Å². The summed E-state index contributed by atoms with van der Waals surface area (Å²) in [6.07, 6.45) is 4.88. The zero-order valence-corrected chi connectivity index (χ0v) is 15.5. The minimum Gasteiger partial charge on any atom is -0.497 e. The third kappa shape index (κ3) is 6.22. The van der Waals surface area contributed by atoms with Gasteiger partial charge < -0.3 is 19.5 Å². The number of benzene rings is 2. The fourth-order valence-corrected chi connectivity index (χ4v) is 2.57. The summed E-state index contributed by atoms with van der Waals surface area (Å²) in [4.78, 5) is 0. The maximum atomic E-state index is 5.78. The average Bonchev–Trinajstić information content (AvgIpc) is 2.67. The van der Waals surface area contributed by atoms with E-state index in [9.17, 15) is 0 Å². The molecule has 2 rings (SSSR count). The summed E-state index contributed by atoms with van der Waals surface area (Å²) >= 11 is 0. The molecule has 4 heteroatoms. The topological polar surface area (TPSA) is 39.7 Å². The van der Waals surface area contributed by atoms with Crippen LogP contribution in [0.3, 0.4) is 0 Å². The predicted molar refractivity (Wildman–Crippen MR) is 103 cm³/mol. The normalized spacial score (nSPS) is 10.4. The lowest BCUT2D eigenvalue weighted by molar-refractivity contribution is 0.305. The number of ether oxygens (including phenoxy) is 3. The monoisotopic (exact) mass is 343 g/mol. The van der Waals surface area contributed by atoms with Gasteiger partial charge in [0, 0.05) is 12.6 Å². The molecule has 2 aromatic carbocycles. The highest BCUT2D eigenvalue weighted by molar-refractivity contribution is 5.60. The Balaban J connectivity index is 1.85. The highest BCUT2D eigenvalue weighted by Gasteiger charge is 2.05. The van der Waals surface area contributed by atoms with Crippen LogP contribution in [0.15, 0.2) is 42.5 Å². The number of nitrogens with one attached hydrogen (secondary N) is 1. The molecule has 0 aromatic heterocycles. The quantitative estimate of drug-likeness (QED) is 0.564. The van der Waals surface area contributed by atoms with Crippen molar-refractivity contribution in [1.29, 1.82) is 0 Å². The largest absolute Gasteiger partial charge is 0.497 e. The van der Waals surface area contributed by atoms with Gasteiger partial charge in [0.05, 0.1) is 26.5 Å². The molecule has 0 unspecified atom stereocenters. The molecule has 4 nitrogen and oxygen atoms in total. The highest BCUT2D eigenvalue weighted by Crippen LogP contribution is 2.29. The van der Waals surface area contributed by atoms with Gasteiger partial charge in [-0.25, -0.2) is 0 Å². The van der Waals surface area contributed by atoms with Gasteiger partial charge in [0.2, 0.25) is 0 Å². The molecule has 0 atom stereocenters. The van der Waals surface area contributed by atoms with Crippen LogP contribution in [0.1, 0.15) is 38.2 Å². The minimum atomic E-state index is 0.709. The second-order valence-electron chi connectivity index (χ2n) is 5.97. The zero-order valence-electron chi connectivity index (χ0n) is 15.5. The Kier molecular flexibility index (Phi) is 7.96. The van der Waals surface area contributed by atoms with Crippen LogP contribution in [-0.2, 0) is 6.54 Å². The molecule has 0 saturated carbocycles. The van der Waals surface area contributed by atoms with E-state index < -0.39 is 0 Å². The van der Waals surface area contributed by atoms with Crippen LogP contribution < -0.4 is 19.5 Å². The van der Waals surface area contributed by atoms with Crippen LogP contribution in [-0.4, -0.2) is 20.8 Å². The molecule has 0 aliphatic heterocycles. The highest BCUT2D eigenvalue weighted by atomic mass is 16.5. The van der Waals surface area contributed by atoms with Gasteiger partial charge in [-0.15, -0.1) is 0 Å². The lowest BCUT2D eigenvalue weighted by Crippen LogP contribution is -2.02. The number of rotatable bonds is 11. The Bertz CT molecular complexity index is 626. The maximum Gasteiger partial charge on any atom is 0.142 e. The molecule has 2 aromatic rings. The molecular formula is C21H29NO3. The van der Waals surface area contributed by atoms with Gasteiger partial charge in [-0.3, -0.25) is 0 Å². The van der Waals surface area contributed by atoms with E-state index >= 15 is 0 Å². The maximum absolute atomic E-state index is 5.78. The molecule has 0 aliphatic carbocycles. The molecule has 0 spiro atoms. The molecule has 0 heterocycles. The molecule has 0 saturated heterocycles. The fourth-order valence-electron chi connectivity index (χ4n) is 2.57. The van der Waals surface area contributed by atoms with Crippen molar-refractivity contribution in [2.45, 2.75) is 39.2 Å². The summed E-state index contributed by atoms with van der Waals surface area (Å²) in [5.41, 5.74) is 2.10. The summed E-state index contributed by atoms with van der Waals surface area (Å²) < 4.78 is 16.4. The van der Waals surface area contributed by atoms with E-state index in [1.165, 1.54) is 24.8 Å². The van der Waals surface area contributed by atoms with Gasteiger partial charge in [-0.1, -0.05) is 38.3 Å². The van der Waals surface area contributed by atoms with Crippen LogP contribution in [0.5, 0.6) is 17.2 Å². The van der Waals surface area contributed by atoms with Crippen LogP contribution in [0.2, 0.25) is 0 Å². The molecule has 25 heavy (non-hydrogen) atoms. The lowest BCUT2D eigenvalue weighted by Gasteiger charge is -2.13. The van der Waals surface area contributed by atoms with E-state index in [2.05, 4.69) is 24.4 Å². The summed E-state index contributed by atoms with van der Waals surface area (Å²) in [6.45, 7) is 3.72. The van der Waals surface area contributed by atoms with Gasteiger partial charge in [0.15, 0.2) is 0 Å². The van der Waals surface area contributed by atoms with Crippen LogP contribution in [0.4, 0.5) is 5.69 Å². The van der Waals surface area contributed by atoms with E-state index in [1.54, 1.807) is 14.2 Å². The van der Waals surface area contributed by atoms with Crippen molar-refractivity contribution in [2.75, 3.05) is 26.1 Å². The van der Waals surface area contributed by atoms with Gasteiger partial charge in [0.1, 0.15) is 17.2 Å². The van der Waals surface area contributed by atoms with Crippen molar-refractivity contribution >= 4 is 5.69 Å². The summed E-state index contributed by atoms with van der Waals surface area (Å²) in [5, 5.41) is 3.40. The van der Waals surface area contributed by atoms with E-state index in [0.29, 0.717) is 6.54 Å². The Morgan fingerprint density at radius 3 is 2.28 bits per heavy atom. The van der Waals surface area contributed by atoms with E-state index in [1.807, 2.05) is 30.3 Å². The first-order chi connectivity index (χ1) is 12.3. The van der Waals surface area contributed by atoms with Crippen LogP contribution >= 0.6 is 0 Å². The first kappa shape index (κ1) is 19.0. The minimum absolute atomic E-state index is 0.709. The van der Waals surface area contributed by atoms with Gasteiger partial charge in [-0.2, -0.15) is 0 Å². The van der Waals surface area contributed by atoms with Crippen molar-refractivity contribution in [3.63, 3.8) is 0 Å². The zero-order chi connectivity index (χ0) is 17.9. The molecular weight excluding hydrogens is 314 g/mol. The fraction of sp³-hybridized carbons (Fsp3) is 0.429. The number of anilines is 1. The Labute approximate surface area is 151 Å². The number of hydrogen-bond donors (Lipinski definition) is 1. The van der Waals surface area contributed by atoms with E-state index in [0.717, 1.165) is 36.0 Å². The molecule has 1 N–H and O–H groups in total. The second-order valence-corrected chi connectivity index (χ2v) is 5.97. The first-order valence-corrected chi connectivity index (χ1v) is 8.94. The molecule has 0 fully saturated rings. The van der Waals surface area contributed by atoms with Crippen molar-refractivity contribution in [3.8, 4) is 17.2 Å². The molecule has 0 bridgehead atoms. The van der Waals surface area contributed by atoms with Crippen molar-refractivity contribution in [1.82, 2.24) is 0 Å². The van der Waals surface area contributed by atoms with Crippen molar-refractivity contribution < 1.29 is 14.2 Å². The SMILES string of the molecule is CCCCCCOc1ccc(CNc2cc(OC)ccc2OC)cc1. The standard InChI is InChI=1S/C21H29NO3/c1-4-5-6-7-14-25-18-10-8-17(9-11-18)16-22-20-15-19(23-2)12-13-21(20)24-3/h8-13,15,22H,4-7,14,16H2,1-3H3. The molecule has 136 valence electrons. The smallest absolute Gasteiger partial charge is 0.142 e. The van der Waals surface area contributed by atoms with Gasteiger partial charge in [-0.05, 0) is 36.2 Å². The lowest BCUT2D eigenvalue weighted by atomic mass is 10.2. The number of unbranched alkanes of at least 4 members (excludes halogenated alkanes) is 3. The van der Waals surface area contributed by atoms with Crippen LogP contribution in [0, 0.1) is 0 Å². The summed E-state index contributed by atoms with van der Waals surface area (Å²) in [7, 11) is 3.33. The Morgan fingerprint density at radius 2 is 1.60 bits per heavy atom. The predicted octanol–water partition coefficient (Wildman–Crippen LogP) is 5.28. The van der Waals surface area contributed by atoms with Crippen LogP contribution in [0.25, 0.3) is 0 Å². The summed E-state index contributed by atoms with van der Waals surface area (Å²) in [5.74, 6) is 2.53. The second kappa shape index (κ2) is 10.5. The summed E-state index contributed by atoms with van der Waals surface area (Å²) in [6, 6.07) is 13.9. The third-order valence-electron chi connectivity index (χ3n) is 4.08. The molecule has 0 aliphatic rings. The average molecular weight is 343 g/mol. The Hall–Kier alpha value is -2.36. The van der Waals surface area contributed by atoms with Crippen molar-refractivity contribution in [3.05, 3.63) is 48.0 Å². The van der Waals surface area contributed by atoms with Crippen molar-refractivity contribution in [2.24, 2.45) is 0 Å². The third-order valence-corrected chi connectivity index (χ3v) is 4.08. The molecule has 0 amide bonds. The number of hydrogen-bond acceptors (Lipinski definition) is 4. The number of methoxy groups -OCH3 is 2. The van der Waals surface area contributed by atoms with E-state index in [4.69, 9.17) is 14.2 Å².